The summed E-state index contributed by atoms with van der Waals surface area (Å²) in [6.45, 7) is 0.125. The van der Waals surface area contributed by atoms with Crippen LogP contribution in [0.1, 0.15) is 25.7 Å². The van der Waals surface area contributed by atoms with Crippen molar-refractivity contribution in [2.75, 3.05) is 11.9 Å². The number of aliphatic hydroxyl groups is 1. The quantitative estimate of drug-likeness (QED) is 0.811. The minimum atomic E-state index is -0.229. The molecule has 1 fully saturated rings. The summed E-state index contributed by atoms with van der Waals surface area (Å²) in [4.78, 5) is 12.2. The van der Waals surface area contributed by atoms with Gasteiger partial charge < -0.3 is 15.7 Å². The minimum absolute atomic E-state index is 0.0445. The summed E-state index contributed by atoms with van der Waals surface area (Å²) in [6.07, 6.45) is 7.67. The number of carbonyl (C=O) groups is 1. The number of carbonyl (C=O) groups excluding carboxylic acids is 1. The topological polar surface area (TPSA) is 79.2 Å². The fraction of sp³-hybridized carbons (Fsp3) is 0.412. The van der Waals surface area contributed by atoms with Gasteiger partial charge in [0.05, 0.1) is 5.69 Å². The number of nitrogens with one attached hydrogen (secondary N) is 2. The number of amides is 2. The zero-order chi connectivity index (χ0) is 16.1. The number of rotatable bonds is 4. The second-order valence-electron chi connectivity index (χ2n) is 5.93. The highest BCUT2D eigenvalue weighted by Gasteiger charge is 2.25. The number of urea groups is 1. The molecule has 2 aromatic rings. The third-order valence-corrected chi connectivity index (χ3v) is 4.33. The second-order valence-corrected chi connectivity index (χ2v) is 5.93. The normalized spacial score (nSPS) is 20.9. The van der Waals surface area contributed by atoms with Gasteiger partial charge >= 0.3 is 6.03 Å². The van der Waals surface area contributed by atoms with E-state index in [9.17, 15) is 9.90 Å². The van der Waals surface area contributed by atoms with E-state index in [1.165, 1.54) is 0 Å². The predicted octanol–water partition coefficient (Wildman–Crippen LogP) is 2.54. The second kappa shape index (κ2) is 7.28. The summed E-state index contributed by atoms with van der Waals surface area (Å²) in [6, 6.07) is 9.19. The lowest BCUT2D eigenvalue weighted by Crippen LogP contribution is -2.45. The monoisotopic (exact) mass is 314 g/mol. The molecule has 1 aliphatic carbocycles. The van der Waals surface area contributed by atoms with Crippen molar-refractivity contribution in [2.45, 2.75) is 31.7 Å². The Morgan fingerprint density at radius 3 is 2.96 bits per heavy atom. The maximum atomic E-state index is 12.2. The van der Waals surface area contributed by atoms with E-state index >= 15 is 0 Å². The molecule has 23 heavy (non-hydrogen) atoms. The van der Waals surface area contributed by atoms with Crippen molar-refractivity contribution >= 4 is 11.7 Å². The van der Waals surface area contributed by atoms with Crippen molar-refractivity contribution in [2.24, 2.45) is 5.92 Å². The Hall–Kier alpha value is -2.34. The molecule has 0 unspecified atom stereocenters. The molecule has 1 aromatic heterocycles. The lowest BCUT2D eigenvalue weighted by Gasteiger charge is -2.30. The van der Waals surface area contributed by atoms with E-state index in [1.54, 1.807) is 10.9 Å². The van der Waals surface area contributed by atoms with Gasteiger partial charge in [-0.15, -0.1) is 0 Å². The maximum absolute atomic E-state index is 12.2. The molecule has 0 spiro atoms. The molecule has 3 N–H and O–H groups in total. The molecule has 0 saturated heterocycles. The van der Waals surface area contributed by atoms with Crippen LogP contribution in [0.4, 0.5) is 10.5 Å². The third kappa shape index (κ3) is 3.90. The van der Waals surface area contributed by atoms with Gasteiger partial charge in [0.1, 0.15) is 0 Å². The van der Waals surface area contributed by atoms with E-state index in [-0.39, 0.29) is 24.6 Å². The Morgan fingerprint density at radius 1 is 1.30 bits per heavy atom. The molecular weight excluding hydrogens is 292 g/mol. The van der Waals surface area contributed by atoms with Crippen molar-refractivity contribution in [3.63, 3.8) is 0 Å². The van der Waals surface area contributed by atoms with Crippen LogP contribution >= 0.6 is 0 Å². The van der Waals surface area contributed by atoms with Crippen LogP contribution in [0.15, 0.2) is 42.7 Å². The fourth-order valence-corrected chi connectivity index (χ4v) is 3.10. The van der Waals surface area contributed by atoms with Gasteiger partial charge in [0.25, 0.3) is 0 Å². The predicted molar refractivity (Wildman–Crippen MR) is 88.6 cm³/mol. The van der Waals surface area contributed by atoms with Crippen LogP contribution in [-0.2, 0) is 0 Å². The van der Waals surface area contributed by atoms with E-state index in [2.05, 4.69) is 15.7 Å². The Kier molecular flexibility index (Phi) is 4.92. The fourth-order valence-electron chi connectivity index (χ4n) is 3.10. The first-order valence-electron chi connectivity index (χ1n) is 8.05. The zero-order valence-corrected chi connectivity index (χ0v) is 13.0. The van der Waals surface area contributed by atoms with Crippen molar-refractivity contribution in [3.05, 3.63) is 42.7 Å². The van der Waals surface area contributed by atoms with Crippen LogP contribution in [0.5, 0.6) is 0 Å². The summed E-state index contributed by atoms with van der Waals surface area (Å²) in [5.74, 6) is 0.157. The summed E-state index contributed by atoms with van der Waals surface area (Å²) < 4.78 is 1.74. The van der Waals surface area contributed by atoms with Gasteiger partial charge in [-0.05, 0) is 37.1 Å². The molecule has 1 heterocycles. The first kappa shape index (κ1) is 15.6. The average Bonchev–Trinajstić information content (AvgIpc) is 3.10. The van der Waals surface area contributed by atoms with Gasteiger partial charge in [-0.1, -0.05) is 18.9 Å². The Balaban J connectivity index is 1.62. The van der Waals surface area contributed by atoms with Crippen molar-refractivity contribution in [3.8, 4) is 5.69 Å². The number of aromatic nitrogens is 2. The summed E-state index contributed by atoms with van der Waals surface area (Å²) in [5, 5.41) is 19.5. The number of nitrogens with zero attached hydrogens (tertiary/aromatic N) is 2. The van der Waals surface area contributed by atoms with Crippen LogP contribution in [-0.4, -0.2) is 33.6 Å². The van der Waals surface area contributed by atoms with Gasteiger partial charge in [-0.2, -0.15) is 5.10 Å². The Bertz CT molecular complexity index is 642. The number of hydrogen-bond acceptors (Lipinski definition) is 3. The molecule has 6 nitrogen and oxygen atoms in total. The van der Waals surface area contributed by atoms with E-state index in [4.69, 9.17) is 0 Å². The standard InChI is InChI=1S/C17H22N4O2/c22-12-13-5-1-2-8-16(13)20-17(23)19-14-6-3-7-15(11-14)21-10-4-9-18-21/h3-4,6-7,9-11,13,16,22H,1-2,5,8,12H2,(H2,19,20,23)/t13-,16+/m0/s1. The molecule has 2 atom stereocenters. The van der Waals surface area contributed by atoms with Gasteiger partial charge in [0.2, 0.25) is 0 Å². The third-order valence-electron chi connectivity index (χ3n) is 4.33. The summed E-state index contributed by atoms with van der Waals surface area (Å²) in [5.41, 5.74) is 1.60. The first-order chi connectivity index (χ1) is 11.3. The minimum Gasteiger partial charge on any atom is -0.396 e. The van der Waals surface area contributed by atoms with Gasteiger partial charge in [-0.25, -0.2) is 9.48 Å². The highest BCUT2D eigenvalue weighted by atomic mass is 16.3. The number of benzene rings is 1. The molecule has 122 valence electrons. The highest BCUT2D eigenvalue weighted by Crippen LogP contribution is 2.24. The first-order valence-corrected chi connectivity index (χ1v) is 8.05. The highest BCUT2D eigenvalue weighted by molar-refractivity contribution is 5.89. The molecule has 3 rings (SSSR count). The smallest absolute Gasteiger partial charge is 0.319 e. The van der Waals surface area contributed by atoms with Crippen molar-refractivity contribution < 1.29 is 9.90 Å². The average molecular weight is 314 g/mol. The van der Waals surface area contributed by atoms with E-state index < -0.39 is 0 Å². The van der Waals surface area contributed by atoms with E-state index in [1.807, 2.05) is 36.5 Å². The number of anilines is 1. The van der Waals surface area contributed by atoms with Crippen LogP contribution in [0.25, 0.3) is 5.69 Å². The van der Waals surface area contributed by atoms with Gasteiger partial charge in [0, 0.05) is 36.6 Å². The van der Waals surface area contributed by atoms with Gasteiger partial charge in [-0.3, -0.25) is 0 Å². The summed E-state index contributed by atoms with van der Waals surface area (Å²) >= 11 is 0. The van der Waals surface area contributed by atoms with Crippen molar-refractivity contribution in [1.29, 1.82) is 0 Å². The van der Waals surface area contributed by atoms with E-state index in [0.29, 0.717) is 5.69 Å². The molecular formula is C17H22N4O2. The zero-order valence-electron chi connectivity index (χ0n) is 13.0. The SMILES string of the molecule is O=C(Nc1cccc(-n2cccn2)c1)N[C@@H]1CCCC[C@H]1CO. The number of hydrogen-bond donors (Lipinski definition) is 3. The van der Waals surface area contributed by atoms with Gasteiger partial charge in [0.15, 0.2) is 0 Å². The molecule has 2 amide bonds. The Morgan fingerprint density at radius 2 is 2.17 bits per heavy atom. The lowest BCUT2D eigenvalue weighted by molar-refractivity contribution is 0.156. The van der Waals surface area contributed by atoms with E-state index in [0.717, 1.165) is 31.4 Å². The summed E-state index contributed by atoms with van der Waals surface area (Å²) in [7, 11) is 0. The van der Waals surface area contributed by atoms with Crippen LogP contribution in [0, 0.1) is 5.92 Å². The molecule has 0 bridgehead atoms. The number of aliphatic hydroxyl groups excluding tert-OH is 1. The van der Waals surface area contributed by atoms with Crippen molar-refractivity contribution in [1.82, 2.24) is 15.1 Å². The van der Waals surface area contributed by atoms with Crippen LogP contribution in [0.3, 0.4) is 0 Å². The largest absolute Gasteiger partial charge is 0.396 e. The molecule has 6 heteroatoms. The molecule has 1 saturated carbocycles. The molecule has 1 aromatic carbocycles. The maximum Gasteiger partial charge on any atom is 0.319 e. The Labute approximate surface area is 135 Å². The van der Waals surface area contributed by atoms with Crippen LogP contribution < -0.4 is 10.6 Å². The molecule has 0 aliphatic heterocycles. The van der Waals surface area contributed by atoms with Crippen LogP contribution in [0.2, 0.25) is 0 Å². The molecule has 1 aliphatic rings. The lowest BCUT2D eigenvalue weighted by atomic mass is 9.85. The molecule has 0 radical (unpaired) electrons.